The van der Waals surface area contributed by atoms with Gasteiger partial charge >= 0.3 is 6.18 Å². The fraction of sp³-hybridized carbons (Fsp3) is 0.0833. The molecule has 20 heavy (non-hydrogen) atoms. The van der Waals surface area contributed by atoms with Gasteiger partial charge in [-0.1, -0.05) is 0 Å². The lowest BCUT2D eigenvalue weighted by molar-refractivity contribution is -0.139. The Morgan fingerprint density at radius 3 is 2.80 bits per heavy atom. The van der Waals surface area contributed by atoms with Crippen LogP contribution in [-0.4, -0.2) is 14.3 Å². The highest BCUT2D eigenvalue weighted by atomic mass is 32.1. The van der Waals surface area contributed by atoms with E-state index in [9.17, 15) is 13.2 Å². The fourth-order valence-corrected chi connectivity index (χ4v) is 2.62. The van der Waals surface area contributed by atoms with Gasteiger partial charge in [0.15, 0.2) is 5.69 Å². The predicted molar refractivity (Wildman–Crippen MR) is 66.9 cm³/mol. The molecule has 0 amide bonds. The molecule has 3 heterocycles. The summed E-state index contributed by atoms with van der Waals surface area (Å²) >= 11 is 0.741. The highest BCUT2D eigenvalue weighted by Crippen LogP contribution is 2.39. The number of pyridine rings is 1. The minimum absolute atomic E-state index is 0.00867. The molecule has 0 saturated carbocycles. The number of aromatic amines is 1. The molecule has 1 N–H and O–H groups in total. The van der Waals surface area contributed by atoms with Crippen molar-refractivity contribution in [2.24, 2.45) is 0 Å². The van der Waals surface area contributed by atoms with Crippen LogP contribution >= 0.6 is 11.5 Å². The van der Waals surface area contributed by atoms with E-state index in [1.54, 1.807) is 0 Å². The van der Waals surface area contributed by atoms with Crippen LogP contribution in [0.25, 0.3) is 22.2 Å². The zero-order valence-electron chi connectivity index (χ0n) is 9.69. The first-order chi connectivity index (χ1) is 9.50. The monoisotopic (exact) mass is 294 g/mol. The van der Waals surface area contributed by atoms with Crippen LogP contribution in [-0.2, 0) is 6.18 Å². The van der Waals surface area contributed by atoms with E-state index >= 15 is 0 Å². The van der Waals surface area contributed by atoms with Crippen LogP contribution in [0.2, 0.25) is 0 Å². The third-order valence-electron chi connectivity index (χ3n) is 2.79. The van der Waals surface area contributed by atoms with E-state index in [0.29, 0.717) is 16.6 Å². The Morgan fingerprint density at radius 1 is 1.30 bits per heavy atom. The smallest absolute Gasteiger partial charge is 0.346 e. The molecule has 0 aliphatic carbocycles. The van der Waals surface area contributed by atoms with Crippen LogP contribution in [0.1, 0.15) is 11.3 Å². The van der Waals surface area contributed by atoms with Crippen molar-refractivity contribution in [3.8, 4) is 17.2 Å². The average molecular weight is 294 g/mol. The Bertz CT molecular complexity index is 825. The van der Waals surface area contributed by atoms with Crippen LogP contribution in [0.15, 0.2) is 23.8 Å². The molecule has 3 rings (SSSR count). The number of halogens is 3. The molecule has 0 radical (unpaired) electrons. The van der Waals surface area contributed by atoms with Gasteiger partial charge in [0.05, 0.1) is 5.56 Å². The normalized spacial score (nSPS) is 11.7. The van der Waals surface area contributed by atoms with Gasteiger partial charge in [-0.15, -0.1) is 0 Å². The zero-order chi connectivity index (χ0) is 14.3. The Kier molecular flexibility index (Phi) is 2.72. The summed E-state index contributed by atoms with van der Waals surface area (Å²) in [4.78, 5) is 6.79. The van der Waals surface area contributed by atoms with Gasteiger partial charge in [0, 0.05) is 34.3 Å². The number of alkyl halides is 3. The number of nitriles is 1. The third kappa shape index (κ3) is 1.92. The number of aromatic nitrogens is 3. The number of nitrogens with one attached hydrogen (secondary N) is 1. The number of hydrogen-bond acceptors (Lipinski definition) is 4. The number of nitrogens with zero attached hydrogens (tertiary/aromatic N) is 3. The molecule has 0 saturated heterocycles. The zero-order valence-corrected chi connectivity index (χ0v) is 10.5. The number of fused-ring (bicyclic) bond motifs is 1. The number of rotatable bonds is 1. The average Bonchev–Trinajstić information content (AvgIpc) is 3.02. The van der Waals surface area contributed by atoms with Gasteiger partial charge < -0.3 is 4.98 Å². The van der Waals surface area contributed by atoms with E-state index < -0.39 is 11.9 Å². The van der Waals surface area contributed by atoms with Gasteiger partial charge in [0.25, 0.3) is 0 Å². The summed E-state index contributed by atoms with van der Waals surface area (Å²) in [6.07, 6.45) is -1.71. The van der Waals surface area contributed by atoms with Crippen molar-refractivity contribution in [1.82, 2.24) is 14.3 Å². The molecule has 0 unspecified atom stereocenters. The van der Waals surface area contributed by atoms with Crippen LogP contribution in [0.4, 0.5) is 13.2 Å². The fourth-order valence-electron chi connectivity index (χ4n) is 1.92. The highest BCUT2D eigenvalue weighted by molar-refractivity contribution is 7.04. The summed E-state index contributed by atoms with van der Waals surface area (Å²) in [6, 6.07) is 3.42. The quantitative estimate of drug-likeness (QED) is 0.746. The number of hydrogen-bond donors (Lipinski definition) is 1. The maximum atomic E-state index is 12.9. The molecule has 4 nitrogen and oxygen atoms in total. The van der Waals surface area contributed by atoms with Crippen molar-refractivity contribution < 1.29 is 13.2 Å². The Labute approximate surface area is 114 Å². The van der Waals surface area contributed by atoms with Crippen LogP contribution in [0, 0.1) is 11.3 Å². The van der Waals surface area contributed by atoms with Crippen molar-refractivity contribution in [3.63, 3.8) is 0 Å². The van der Waals surface area contributed by atoms with Crippen molar-refractivity contribution in [1.29, 1.82) is 5.26 Å². The summed E-state index contributed by atoms with van der Waals surface area (Å²) in [5.74, 6) is 0. The summed E-state index contributed by atoms with van der Waals surface area (Å²) in [5.41, 5.74) is 0.121. The van der Waals surface area contributed by atoms with Gasteiger partial charge in [-0.2, -0.15) is 22.8 Å². The standard InChI is InChI=1S/C12H5F3N4S/c13-12(14,15)10-9(5-20-19-10)8-4-18-11-7(8)1-6(2-16)3-17-11/h1,3-5H,(H,17,18). The van der Waals surface area contributed by atoms with E-state index in [1.165, 1.54) is 23.8 Å². The van der Waals surface area contributed by atoms with Gasteiger partial charge in [-0.3, -0.25) is 0 Å². The van der Waals surface area contributed by atoms with E-state index in [-0.39, 0.29) is 11.1 Å². The van der Waals surface area contributed by atoms with Crippen LogP contribution in [0.3, 0.4) is 0 Å². The van der Waals surface area contributed by atoms with Gasteiger partial charge in [0.2, 0.25) is 0 Å². The maximum Gasteiger partial charge on any atom is 0.435 e. The molecule has 3 aromatic rings. The highest BCUT2D eigenvalue weighted by Gasteiger charge is 2.37. The van der Waals surface area contributed by atoms with Crippen molar-refractivity contribution in [3.05, 3.63) is 35.1 Å². The summed E-state index contributed by atoms with van der Waals surface area (Å²) in [6.45, 7) is 0. The molecule has 0 aliphatic heterocycles. The molecular weight excluding hydrogens is 289 g/mol. The maximum absolute atomic E-state index is 12.9. The van der Waals surface area contributed by atoms with Crippen LogP contribution in [0.5, 0.6) is 0 Å². The first-order valence-electron chi connectivity index (χ1n) is 5.40. The van der Waals surface area contributed by atoms with Crippen LogP contribution < -0.4 is 0 Å². The minimum atomic E-state index is -4.51. The third-order valence-corrected chi connectivity index (χ3v) is 3.42. The number of H-pyrrole nitrogens is 1. The molecule has 0 aromatic carbocycles. The molecule has 0 bridgehead atoms. The van der Waals surface area contributed by atoms with Gasteiger partial charge in [-0.05, 0) is 17.6 Å². The van der Waals surface area contributed by atoms with E-state index in [4.69, 9.17) is 5.26 Å². The second-order valence-electron chi connectivity index (χ2n) is 4.01. The first kappa shape index (κ1) is 12.6. The molecule has 3 aromatic heterocycles. The van der Waals surface area contributed by atoms with Crippen molar-refractivity contribution in [2.75, 3.05) is 0 Å². The molecule has 0 spiro atoms. The van der Waals surface area contributed by atoms with E-state index in [0.717, 1.165) is 11.5 Å². The minimum Gasteiger partial charge on any atom is -0.346 e. The summed E-state index contributed by atoms with van der Waals surface area (Å²) < 4.78 is 42.1. The van der Waals surface area contributed by atoms with Crippen molar-refractivity contribution in [2.45, 2.75) is 6.18 Å². The van der Waals surface area contributed by atoms with Gasteiger partial charge in [0.1, 0.15) is 11.7 Å². The molecule has 0 fully saturated rings. The van der Waals surface area contributed by atoms with E-state index in [2.05, 4.69) is 14.3 Å². The molecular formula is C12H5F3N4S. The molecule has 0 aliphatic rings. The Hall–Kier alpha value is -2.40. The van der Waals surface area contributed by atoms with Crippen molar-refractivity contribution >= 4 is 22.6 Å². The second-order valence-corrected chi connectivity index (χ2v) is 4.64. The Morgan fingerprint density at radius 2 is 2.10 bits per heavy atom. The second kappa shape index (κ2) is 4.31. The molecule has 100 valence electrons. The Balaban J connectivity index is 2.26. The molecule has 0 atom stereocenters. The molecule has 8 heteroatoms. The predicted octanol–water partition coefficient (Wildman–Crippen LogP) is 3.58. The lowest BCUT2D eigenvalue weighted by Gasteiger charge is -2.05. The lowest BCUT2D eigenvalue weighted by atomic mass is 10.1. The van der Waals surface area contributed by atoms with Gasteiger partial charge in [-0.25, -0.2) is 4.98 Å². The van der Waals surface area contributed by atoms with E-state index in [1.807, 2.05) is 6.07 Å². The summed E-state index contributed by atoms with van der Waals surface area (Å²) in [7, 11) is 0. The topological polar surface area (TPSA) is 65.4 Å². The summed E-state index contributed by atoms with van der Waals surface area (Å²) in [5, 5.41) is 10.7. The first-order valence-corrected chi connectivity index (χ1v) is 6.23. The SMILES string of the molecule is N#Cc1cnc2[nH]cc(-c3csnc3C(F)(F)F)c2c1. The largest absolute Gasteiger partial charge is 0.435 e. The lowest BCUT2D eigenvalue weighted by Crippen LogP contribution is -2.06.